The Hall–Kier alpha value is -1.48. The highest BCUT2D eigenvalue weighted by Crippen LogP contribution is 2.24. The second-order valence-corrected chi connectivity index (χ2v) is 5.45. The molecule has 2 aromatic carbocycles. The van der Waals surface area contributed by atoms with Crippen molar-refractivity contribution in [2.45, 2.75) is 13.5 Å². The summed E-state index contributed by atoms with van der Waals surface area (Å²) in [5.74, 6) is 0. The second kappa shape index (κ2) is 5.44. The van der Waals surface area contributed by atoms with Crippen molar-refractivity contribution in [1.82, 2.24) is 0 Å². The fourth-order valence-corrected chi connectivity index (χ4v) is 2.57. The first-order valence-electron chi connectivity index (χ1n) is 5.88. The highest BCUT2D eigenvalue weighted by molar-refractivity contribution is 9.10. The average Bonchev–Trinajstić information content (AvgIpc) is 2.28. The Morgan fingerprint density at radius 3 is 2.61 bits per heavy atom. The minimum atomic E-state index is 0.813. The molecule has 0 aliphatic rings. The van der Waals surface area contributed by atoms with Gasteiger partial charge in [0.05, 0.1) is 0 Å². The van der Waals surface area contributed by atoms with E-state index in [2.05, 4.69) is 59.1 Å². The van der Waals surface area contributed by atoms with Gasteiger partial charge in [-0.2, -0.15) is 0 Å². The zero-order valence-electron chi connectivity index (χ0n) is 10.7. The summed E-state index contributed by atoms with van der Waals surface area (Å²) in [6.45, 7) is 2.98. The Morgan fingerprint density at radius 1 is 1.17 bits per heavy atom. The van der Waals surface area contributed by atoms with Gasteiger partial charge in [-0.3, -0.25) is 0 Å². The minimum Gasteiger partial charge on any atom is -0.399 e. The van der Waals surface area contributed by atoms with E-state index in [0.717, 1.165) is 16.7 Å². The molecule has 0 spiro atoms. The lowest BCUT2D eigenvalue weighted by atomic mass is 10.1. The topological polar surface area (TPSA) is 29.3 Å². The van der Waals surface area contributed by atoms with Crippen LogP contribution in [0.5, 0.6) is 0 Å². The largest absolute Gasteiger partial charge is 0.399 e. The number of nitrogens with two attached hydrogens (primary N) is 1. The van der Waals surface area contributed by atoms with E-state index in [-0.39, 0.29) is 0 Å². The predicted molar refractivity (Wildman–Crippen MR) is 81.8 cm³/mol. The number of halogens is 1. The molecule has 0 atom stereocenters. The van der Waals surface area contributed by atoms with Gasteiger partial charge in [-0.05, 0) is 48.4 Å². The smallest absolute Gasteiger partial charge is 0.0427 e. The van der Waals surface area contributed by atoms with Gasteiger partial charge in [-0.15, -0.1) is 0 Å². The summed E-state index contributed by atoms with van der Waals surface area (Å²) in [4.78, 5) is 2.23. The maximum absolute atomic E-state index is 5.80. The van der Waals surface area contributed by atoms with E-state index in [9.17, 15) is 0 Å². The molecular formula is C15H17BrN2. The van der Waals surface area contributed by atoms with Gasteiger partial charge in [-0.1, -0.05) is 28.1 Å². The van der Waals surface area contributed by atoms with Crippen LogP contribution in [-0.4, -0.2) is 7.05 Å². The Balaban J connectivity index is 2.19. The zero-order chi connectivity index (χ0) is 13.1. The highest BCUT2D eigenvalue weighted by Gasteiger charge is 2.05. The van der Waals surface area contributed by atoms with Gasteiger partial charge in [0.2, 0.25) is 0 Å². The van der Waals surface area contributed by atoms with E-state index in [0.29, 0.717) is 0 Å². The van der Waals surface area contributed by atoms with Gasteiger partial charge in [-0.25, -0.2) is 0 Å². The first-order chi connectivity index (χ1) is 8.56. The van der Waals surface area contributed by atoms with Crippen LogP contribution in [0.1, 0.15) is 11.1 Å². The molecule has 2 aromatic rings. The Kier molecular flexibility index (Phi) is 3.92. The predicted octanol–water partition coefficient (Wildman–Crippen LogP) is 3.98. The molecule has 0 saturated carbocycles. The molecule has 0 radical (unpaired) electrons. The summed E-state index contributed by atoms with van der Waals surface area (Å²) in [6.07, 6.45) is 0. The molecule has 3 heteroatoms. The highest BCUT2D eigenvalue weighted by atomic mass is 79.9. The molecule has 0 fully saturated rings. The van der Waals surface area contributed by atoms with Crippen molar-refractivity contribution in [3.05, 3.63) is 58.1 Å². The van der Waals surface area contributed by atoms with Gasteiger partial charge in [0.25, 0.3) is 0 Å². The summed E-state index contributed by atoms with van der Waals surface area (Å²) in [6, 6.07) is 14.3. The normalized spacial score (nSPS) is 10.4. The lowest BCUT2D eigenvalue weighted by Crippen LogP contribution is -2.17. The molecule has 2 rings (SSSR count). The van der Waals surface area contributed by atoms with Crippen molar-refractivity contribution in [2.75, 3.05) is 17.7 Å². The van der Waals surface area contributed by atoms with Crippen molar-refractivity contribution < 1.29 is 0 Å². The molecule has 2 nitrogen and oxygen atoms in total. The van der Waals surface area contributed by atoms with E-state index in [1.54, 1.807) is 0 Å². The van der Waals surface area contributed by atoms with Crippen LogP contribution in [0.15, 0.2) is 46.9 Å². The molecule has 2 N–H and O–H groups in total. The van der Waals surface area contributed by atoms with Crippen LogP contribution in [0.3, 0.4) is 0 Å². The van der Waals surface area contributed by atoms with E-state index in [1.165, 1.54) is 16.8 Å². The van der Waals surface area contributed by atoms with Gasteiger partial charge < -0.3 is 10.6 Å². The summed E-state index contributed by atoms with van der Waals surface area (Å²) < 4.78 is 1.11. The van der Waals surface area contributed by atoms with Crippen LogP contribution >= 0.6 is 15.9 Å². The molecule has 0 aliphatic heterocycles. The number of rotatable bonds is 3. The molecule has 0 saturated heterocycles. The van der Waals surface area contributed by atoms with Gasteiger partial charge >= 0.3 is 0 Å². The maximum Gasteiger partial charge on any atom is 0.0427 e. The zero-order valence-corrected chi connectivity index (χ0v) is 12.2. The Labute approximate surface area is 117 Å². The summed E-state index contributed by atoms with van der Waals surface area (Å²) >= 11 is 3.49. The third-order valence-electron chi connectivity index (χ3n) is 2.94. The van der Waals surface area contributed by atoms with Crippen LogP contribution in [0.2, 0.25) is 0 Å². The number of anilines is 2. The van der Waals surface area contributed by atoms with Crippen molar-refractivity contribution in [3.8, 4) is 0 Å². The van der Waals surface area contributed by atoms with Crippen molar-refractivity contribution in [2.24, 2.45) is 0 Å². The molecule has 0 aliphatic carbocycles. The molecule has 94 valence electrons. The molecule has 0 amide bonds. The fourth-order valence-electron chi connectivity index (χ4n) is 2.10. The number of benzene rings is 2. The van der Waals surface area contributed by atoms with Gasteiger partial charge in [0.15, 0.2) is 0 Å². The quantitative estimate of drug-likeness (QED) is 0.869. The Morgan fingerprint density at radius 2 is 1.94 bits per heavy atom. The summed E-state index contributed by atoms with van der Waals surface area (Å²) in [7, 11) is 2.10. The van der Waals surface area contributed by atoms with Gasteiger partial charge in [0, 0.05) is 29.4 Å². The summed E-state index contributed by atoms with van der Waals surface area (Å²) in [5.41, 5.74) is 10.3. The van der Waals surface area contributed by atoms with Crippen molar-refractivity contribution >= 4 is 27.3 Å². The lowest BCUT2D eigenvalue weighted by Gasteiger charge is -2.22. The monoisotopic (exact) mass is 304 g/mol. The fraction of sp³-hybridized carbons (Fsp3) is 0.200. The van der Waals surface area contributed by atoms with Crippen LogP contribution in [0, 0.1) is 6.92 Å². The standard InChI is InChI=1S/C15H17BrN2/c1-11-8-13(16)6-7-15(11)18(2)10-12-4-3-5-14(17)9-12/h3-9H,10,17H2,1-2H3. The second-order valence-electron chi connectivity index (χ2n) is 4.53. The first-order valence-corrected chi connectivity index (χ1v) is 6.67. The first kappa shape index (κ1) is 13.0. The molecule has 0 heterocycles. The van der Waals surface area contributed by atoms with Crippen LogP contribution in [-0.2, 0) is 6.54 Å². The maximum atomic E-state index is 5.80. The third-order valence-corrected chi connectivity index (χ3v) is 3.43. The number of aryl methyl sites for hydroxylation is 1. The SMILES string of the molecule is Cc1cc(Br)ccc1N(C)Cc1cccc(N)c1. The summed E-state index contributed by atoms with van der Waals surface area (Å²) in [5, 5.41) is 0. The molecule has 0 aromatic heterocycles. The van der Waals surface area contributed by atoms with Crippen molar-refractivity contribution in [1.29, 1.82) is 0 Å². The average molecular weight is 305 g/mol. The molecular weight excluding hydrogens is 288 g/mol. The van der Waals surface area contributed by atoms with Crippen LogP contribution < -0.4 is 10.6 Å². The van der Waals surface area contributed by atoms with E-state index in [4.69, 9.17) is 5.73 Å². The number of hydrogen-bond acceptors (Lipinski definition) is 2. The molecule has 18 heavy (non-hydrogen) atoms. The molecule has 0 unspecified atom stereocenters. The van der Waals surface area contributed by atoms with Crippen LogP contribution in [0.4, 0.5) is 11.4 Å². The lowest BCUT2D eigenvalue weighted by molar-refractivity contribution is 0.917. The number of hydrogen-bond donors (Lipinski definition) is 1. The van der Waals surface area contributed by atoms with E-state index >= 15 is 0 Å². The van der Waals surface area contributed by atoms with Crippen molar-refractivity contribution in [3.63, 3.8) is 0 Å². The van der Waals surface area contributed by atoms with E-state index < -0.39 is 0 Å². The van der Waals surface area contributed by atoms with Gasteiger partial charge in [0.1, 0.15) is 0 Å². The molecule has 0 bridgehead atoms. The minimum absolute atomic E-state index is 0.813. The third kappa shape index (κ3) is 3.05. The number of nitrogens with zero attached hydrogens (tertiary/aromatic N) is 1. The van der Waals surface area contributed by atoms with E-state index in [1.807, 2.05) is 18.2 Å². The number of nitrogen functional groups attached to an aromatic ring is 1. The Bertz CT molecular complexity index is 552. The van der Waals surface area contributed by atoms with Crippen LogP contribution in [0.25, 0.3) is 0 Å².